The molecule has 0 aliphatic carbocycles. The highest BCUT2D eigenvalue weighted by Gasteiger charge is 2.06. The van der Waals surface area contributed by atoms with Crippen LogP contribution in [0.15, 0.2) is 53.4 Å². The van der Waals surface area contributed by atoms with Crippen LogP contribution < -0.4 is 5.32 Å². The van der Waals surface area contributed by atoms with Crippen LogP contribution >= 0.6 is 11.8 Å². The molecular formula is C15H11FN2OS. The van der Waals surface area contributed by atoms with Crippen molar-refractivity contribution in [3.05, 3.63) is 59.9 Å². The minimum Gasteiger partial charge on any atom is -0.322 e. The molecule has 2 rings (SSSR count). The minimum absolute atomic E-state index is 0.299. The maximum Gasteiger partial charge on any atom is 0.255 e. The second-order valence-corrected chi connectivity index (χ2v) is 4.98. The van der Waals surface area contributed by atoms with Gasteiger partial charge < -0.3 is 5.32 Å². The molecule has 2 aromatic carbocycles. The van der Waals surface area contributed by atoms with Gasteiger partial charge >= 0.3 is 0 Å². The lowest BCUT2D eigenvalue weighted by molar-refractivity contribution is 0.102. The van der Waals surface area contributed by atoms with Crippen molar-refractivity contribution >= 4 is 23.4 Å². The Kier molecular flexibility index (Phi) is 4.75. The number of nitrogens with zero attached hydrogens (tertiary/aromatic N) is 1. The zero-order valence-corrected chi connectivity index (χ0v) is 11.3. The van der Waals surface area contributed by atoms with Gasteiger partial charge in [-0.25, -0.2) is 4.39 Å². The van der Waals surface area contributed by atoms with Crippen LogP contribution in [0.25, 0.3) is 0 Å². The number of amides is 1. The molecule has 0 aliphatic heterocycles. The number of halogens is 1. The Balaban J connectivity index is 2.07. The van der Waals surface area contributed by atoms with Gasteiger partial charge in [0.2, 0.25) is 0 Å². The van der Waals surface area contributed by atoms with Crippen molar-refractivity contribution in [1.29, 1.82) is 5.26 Å². The molecule has 2 aromatic rings. The van der Waals surface area contributed by atoms with E-state index in [1.54, 1.807) is 18.2 Å². The van der Waals surface area contributed by atoms with E-state index in [9.17, 15) is 9.18 Å². The van der Waals surface area contributed by atoms with Crippen LogP contribution in [-0.2, 0) is 0 Å². The molecule has 1 N–H and O–H groups in total. The predicted octanol–water partition coefficient (Wildman–Crippen LogP) is 3.69. The topological polar surface area (TPSA) is 52.9 Å². The van der Waals surface area contributed by atoms with Crippen molar-refractivity contribution < 1.29 is 9.18 Å². The molecule has 20 heavy (non-hydrogen) atoms. The first-order chi connectivity index (χ1) is 9.69. The molecule has 0 saturated heterocycles. The van der Waals surface area contributed by atoms with E-state index in [-0.39, 0.29) is 11.7 Å². The average molecular weight is 286 g/mol. The molecule has 0 spiro atoms. The molecule has 0 atom stereocenters. The van der Waals surface area contributed by atoms with Gasteiger partial charge in [0.05, 0.1) is 11.8 Å². The SMILES string of the molecule is N#CCSc1cccc(NC(=O)c2ccc(F)cc2)c1. The molecule has 0 radical (unpaired) electrons. The summed E-state index contributed by atoms with van der Waals surface area (Å²) in [6.45, 7) is 0. The summed E-state index contributed by atoms with van der Waals surface area (Å²) in [6.07, 6.45) is 0. The van der Waals surface area contributed by atoms with Gasteiger partial charge in [-0.1, -0.05) is 6.07 Å². The highest BCUT2D eigenvalue weighted by Crippen LogP contribution is 2.21. The number of thioether (sulfide) groups is 1. The van der Waals surface area contributed by atoms with E-state index >= 15 is 0 Å². The number of hydrogen-bond donors (Lipinski definition) is 1. The van der Waals surface area contributed by atoms with Crippen LogP contribution in [0, 0.1) is 17.1 Å². The lowest BCUT2D eigenvalue weighted by atomic mass is 10.2. The molecular weight excluding hydrogens is 275 g/mol. The third-order valence-corrected chi connectivity index (χ3v) is 3.36. The number of carbonyl (C=O) groups excluding carboxylic acids is 1. The average Bonchev–Trinajstić information content (AvgIpc) is 2.46. The van der Waals surface area contributed by atoms with Crippen molar-refractivity contribution in [1.82, 2.24) is 0 Å². The monoisotopic (exact) mass is 286 g/mol. The summed E-state index contributed by atoms with van der Waals surface area (Å²) in [5.41, 5.74) is 1.03. The lowest BCUT2D eigenvalue weighted by Crippen LogP contribution is -2.11. The van der Waals surface area contributed by atoms with Crippen LogP contribution in [0.1, 0.15) is 10.4 Å². The minimum atomic E-state index is -0.378. The normalized spacial score (nSPS) is 9.80. The third-order valence-electron chi connectivity index (χ3n) is 2.50. The molecule has 5 heteroatoms. The van der Waals surface area contributed by atoms with Crippen molar-refractivity contribution in [2.45, 2.75) is 4.90 Å². The molecule has 0 bridgehead atoms. The summed E-state index contributed by atoms with van der Waals surface area (Å²) in [5, 5.41) is 11.3. The molecule has 1 amide bonds. The third kappa shape index (κ3) is 3.84. The van der Waals surface area contributed by atoms with Crippen molar-refractivity contribution in [2.24, 2.45) is 0 Å². The van der Waals surface area contributed by atoms with Gasteiger partial charge in [0.15, 0.2) is 0 Å². The fraction of sp³-hybridized carbons (Fsp3) is 0.0667. The van der Waals surface area contributed by atoms with Crippen molar-refractivity contribution in [3.63, 3.8) is 0 Å². The number of anilines is 1. The summed E-state index contributed by atoms with van der Waals surface area (Å²) in [7, 11) is 0. The summed E-state index contributed by atoms with van der Waals surface area (Å²) in [4.78, 5) is 12.9. The summed E-state index contributed by atoms with van der Waals surface area (Å²) in [6, 6.07) is 14.6. The first-order valence-corrected chi connectivity index (χ1v) is 6.84. The fourth-order valence-corrected chi connectivity index (χ4v) is 2.20. The van der Waals surface area contributed by atoms with Gasteiger partial charge in [-0.3, -0.25) is 4.79 Å². The van der Waals surface area contributed by atoms with Crippen LogP contribution in [-0.4, -0.2) is 11.7 Å². The van der Waals surface area contributed by atoms with E-state index in [0.717, 1.165) is 4.90 Å². The molecule has 0 fully saturated rings. The maximum absolute atomic E-state index is 12.8. The first-order valence-electron chi connectivity index (χ1n) is 5.86. The Morgan fingerprint density at radius 3 is 2.70 bits per heavy atom. The van der Waals surface area contributed by atoms with E-state index in [2.05, 4.69) is 5.32 Å². The number of carbonyl (C=O) groups is 1. The number of nitrogens with one attached hydrogen (secondary N) is 1. The largest absolute Gasteiger partial charge is 0.322 e. The number of nitriles is 1. The molecule has 0 unspecified atom stereocenters. The lowest BCUT2D eigenvalue weighted by Gasteiger charge is -2.06. The molecule has 100 valence electrons. The van der Waals surface area contributed by atoms with Crippen LogP contribution in [0.2, 0.25) is 0 Å². The second-order valence-electron chi connectivity index (χ2n) is 3.94. The fourth-order valence-electron chi connectivity index (χ4n) is 1.58. The second kappa shape index (κ2) is 6.73. The van der Waals surface area contributed by atoms with Gasteiger partial charge in [-0.15, -0.1) is 11.8 Å². The number of hydrogen-bond acceptors (Lipinski definition) is 3. The van der Waals surface area contributed by atoms with Crippen LogP contribution in [0.5, 0.6) is 0 Å². The van der Waals surface area contributed by atoms with Crippen LogP contribution in [0.4, 0.5) is 10.1 Å². The Morgan fingerprint density at radius 1 is 1.25 bits per heavy atom. The van der Waals surface area contributed by atoms with E-state index in [0.29, 0.717) is 17.0 Å². The Labute approximate surface area is 120 Å². The van der Waals surface area contributed by atoms with E-state index in [1.807, 2.05) is 12.1 Å². The molecule has 0 heterocycles. The maximum atomic E-state index is 12.8. The molecule has 0 aliphatic rings. The summed E-state index contributed by atoms with van der Waals surface area (Å²) in [5.74, 6) is -0.320. The zero-order valence-electron chi connectivity index (χ0n) is 10.5. The quantitative estimate of drug-likeness (QED) is 0.872. The molecule has 0 aromatic heterocycles. The standard InChI is InChI=1S/C15H11FN2OS/c16-12-6-4-11(5-7-12)15(19)18-13-2-1-3-14(10-13)20-9-8-17/h1-7,10H,9H2,(H,18,19). The van der Waals surface area contributed by atoms with Gasteiger partial charge in [0.1, 0.15) is 5.82 Å². The zero-order chi connectivity index (χ0) is 14.4. The highest BCUT2D eigenvalue weighted by atomic mass is 32.2. The van der Waals surface area contributed by atoms with E-state index in [1.165, 1.54) is 36.0 Å². The smallest absolute Gasteiger partial charge is 0.255 e. The Morgan fingerprint density at radius 2 is 2.00 bits per heavy atom. The van der Waals surface area contributed by atoms with E-state index in [4.69, 9.17) is 5.26 Å². The molecule has 0 saturated carbocycles. The highest BCUT2D eigenvalue weighted by molar-refractivity contribution is 7.99. The van der Waals surface area contributed by atoms with Gasteiger partial charge in [-0.05, 0) is 42.5 Å². The van der Waals surface area contributed by atoms with Crippen LogP contribution in [0.3, 0.4) is 0 Å². The van der Waals surface area contributed by atoms with E-state index < -0.39 is 0 Å². The van der Waals surface area contributed by atoms with Gasteiger partial charge in [-0.2, -0.15) is 5.26 Å². The summed E-state index contributed by atoms with van der Waals surface area (Å²) < 4.78 is 12.8. The number of benzene rings is 2. The van der Waals surface area contributed by atoms with Crippen molar-refractivity contribution in [3.8, 4) is 6.07 Å². The number of rotatable bonds is 4. The van der Waals surface area contributed by atoms with Gasteiger partial charge in [0.25, 0.3) is 5.91 Å². The molecule has 3 nitrogen and oxygen atoms in total. The van der Waals surface area contributed by atoms with Gasteiger partial charge in [0, 0.05) is 16.1 Å². The predicted molar refractivity (Wildman–Crippen MR) is 77.1 cm³/mol. The first kappa shape index (κ1) is 14.1. The Bertz CT molecular complexity index is 650. The summed E-state index contributed by atoms with van der Waals surface area (Å²) >= 11 is 1.40. The Hall–Kier alpha value is -2.32. The van der Waals surface area contributed by atoms with Crippen molar-refractivity contribution in [2.75, 3.05) is 11.1 Å².